The minimum Gasteiger partial charge on any atom is -0.244 e. The predicted molar refractivity (Wildman–Crippen MR) is 44.5 cm³/mol. The molecule has 78 valence electrons. The predicted octanol–water partition coefficient (Wildman–Crippen LogP) is -1.47. The maximum absolute atomic E-state index is 10.0. The van der Waals surface area contributed by atoms with Gasteiger partial charge in [-0.3, -0.25) is 0 Å². The summed E-state index contributed by atoms with van der Waals surface area (Å²) >= 11 is 0. The zero-order chi connectivity index (χ0) is 11.1. The Bertz CT molecular complexity index is 302. The molecule has 1 saturated heterocycles. The topological polar surface area (TPSA) is 98.0 Å². The number of nitrogens with zero attached hydrogens (tertiary/aromatic N) is 6. The maximum Gasteiger partial charge on any atom is 0.258 e. The fourth-order valence-electron chi connectivity index (χ4n) is 1.06. The molecule has 0 aromatic carbocycles. The van der Waals surface area contributed by atoms with Gasteiger partial charge in [0.15, 0.2) is 0 Å². The van der Waals surface area contributed by atoms with Crippen LogP contribution < -0.4 is 0 Å². The van der Waals surface area contributed by atoms with Crippen molar-refractivity contribution >= 4 is 18.2 Å². The summed E-state index contributed by atoms with van der Waals surface area (Å²) in [5.41, 5.74) is 0. The molecule has 9 nitrogen and oxygen atoms in total. The van der Waals surface area contributed by atoms with Gasteiger partial charge in [0.05, 0.1) is 0 Å². The fraction of sp³-hybridized carbons (Fsp3) is 0.500. The van der Waals surface area contributed by atoms with Gasteiger partial charge in [-0.15, -0.1) is 0 Å². The summed E-state index contributed by atoms with van der Waals surface area (Å²) in [6, 6.07) is 0. The quantitative estimate of drug-likeness (QED) is 0.416. The second-order valence-electron chi connectivity index (χ2n) is 2.52. The third-order valence-electron chi connectivity index (χ3n) is 1.53. The Morgan fingerprint density at radius 2 is 0.933 bits per heavy atom. The SMILES string of the molecule is O=C=NN1CN(N=C=O)CN(N=C=O)C1. The molecule has 1 aliphatic heterocycles. The van der Waals surface area contributed by atoms with Crippen LogP contribution in [0.25, 0.3) is 0 Å². The third kappa shape index (κ3) is 3.06. The number of isocyanates is 3. The molecule has 0 spiro atoms. The fourth-order valence-corrected chi connectivity index (χ4v) is 1.06. The highest BCUT2D eigenvalue weighted by Crippen LogP contribution is 2.07. The van der Waals surface area contributed by atoms with Crippen LogP contribution in [-0.4, -0.2) is 53.3 Å². The van der Waals surface area contributed by atoms with Gasteiger partial charge in [-0.05, 0) is 0 Å². The zero-order valence-electron chi connectivity index (χ0n) is 7.53. The molecule has 0 atom stereocenters. The van der Waals surface area contributed by atoms with Gasteiger partial charge >= 0.3 is 0 Å². The molecule has 0 saturated carbocycles. The average Bonchev–Trinajstić information content (AvgIpc) is 2.19. The van der Waals surface area contributed by atoms with E-state index in [0.717, 1.165) is 0 Å². The summed E-state index contributed by atoms with van der Waals surface area (Å²) < 4.78 is 0. The van der Waals surface area contributed by atoms with Gasteiger partial charge in [-0.1, -0.05) is 15.3 Å². The number of hydrogen-bond donors (Lipinski definition) is 0. The molecule has 0 bridgehead atoms. The van der Waals surface area contributed by atoms with Crippen molar-refractivity contribution in [2.75, 3.05) is 20.0 Å². The van der Waals surface area contributed by atoms with E-state index in [9.17, 15) is 14.4 Å². The minimum atomic E-state index is 0.120. The normalized spacial score (nSPS) is 14.8. The largest absolute Gasteiger partial charge is 0.258 e. The third-order valence-corrected chi connectivity index (χ3v) is 1.53. The van der Waals surface area contributed by atoms with Gasteiger partial charge in [-0.2, -0.15) is 0 Å². The Morgan fingerprint density at radius 1 is 0.667 bits per heavy atom. The van der Waals surface area contributed by atoms with Crippen LogP contribution in [-0.2, 0) is 14.4 Å². The van der Waals surface area contributed by atoms with Gasteiger partial charge in [0.2, 0.25) is 0 Å². The van der Waals surface area contributed by atoms with Gasteiger partial charge in [-0.25, -0.2) is 29.4 Å². The number of hydrazone groups is 3. The highest BCUT2D eigenvalue weighted by Gasteiger charge is 2.20. The number of rotatable bonds is 3. The Hall–Kier alpha value is -2.46. The van der Waals surface area contributed by atoms with E-state index in [2.05, 4.69) is 15.3 Å². The Balaban J connectivity index is 2.75. The number of hydrogen-bond acceptors (Lipinski definition) is 9. The van der Waals surface area contributed by atoms with Crippen molar-refractivity contribution in [2.45, 2.75) is 0 Å². The first-order valence-electron chi connectivity index (χ1n) is 3.78. The van der Waals surface area contributed by atoms with Crippen LogP contribution in [0.1, 0.15) is 0 Å². The molecule has 0 aromatic rings. The summed E-state index contributed by atoms with van der Waals surface area (Å²) in [6.45, 7) is 0.361. The van der Waals surface area contributed by atoms with Crippen molar-refractivity contribution in [2.24, 2.45) is 15.3 Å². The van der Waals surface area contributed by atoms with E-state index < -0.39 is 0 Å². The van der Waals surface area contributed by atoms with E-state index in [-0.39, 0.29) is 20.0 Å². The lowest BCUT2D eigenvalue weighted by atomic mass is 10.7. The molecule has 1 heterocycles. The van der Waals surface area contributed by atoms with Crippen molar-refractivity contribution in [3.8, 4) is 0 Å². The molecular weight excluding hydrogens is 204 g/mol. The highest BCUT2D eigenvalue weighted by atomic mass is 16.1. The van der Waals surface area contributed by atoms with Crippen molar-refractivity contribution < 1.29 is 14.4 Å². The molecule has 0 amide bonds. The lowest BCUT2D eigenvalue weighted by Crippen LogP contribution is -2.48. The summed E-state index contributed by atoms with van der Waals surface area (Å²) in [6.07, 6.45) is 3.99. The Morgan fingerprint density at radius 3 is 1.13 bits per heavy atom. The van der Waals surface area contributed by atoms with Crippen LogP contribution in [0.15, 0.2) is 15.3 Å². The van der Waals surface area contributed by atoms with Gasteiger partial charge in [0, 0.05) is 0 Å². The Labute approximate surface area is 83.9 Å². The standard InChI is InChI=1S/C6H6N6O3/c13-1-7-10-4-11(8-2-14)6-12(5-10)9-3-15/h4-6H2. The molecule has 0 radical (unpaired) electrons. The summed E-state index contributed by atoms with van der Waals surface area (Å²) in [4.78, 5) is 30.0. The second kappa shape index (κ2) is 5.31. The van der Waals surface area contributed by atoms with E-state index in [0.29, 0.717) is 0 Å². The van der Waals surface area contributed by atoms with E-state index in [1.165, 1.54) is 33.3 Å². The van der Waals surface area contributed by atoms with Crippen LogP contribution >= 0.6 is 0 Å². The molecule has 15 heavy (non-hydrogen) atoms. The van der Waals surface area contributed by atoms with Gasteiger partial charge in [0.25, 0.3) is 18.2 Å². The smallest absolute Gasteiger partial charge is 0.244 e. The van der Waals surface area contributed by atoms with Gasteiger partial charge < -0.3 is 0 Å². The number of carbonyl (C=O) groups excluding carboxylic acids is 3. The van der Waals surface area contributed by atoms with Crippen LogP contribution in [0, 0.1) is 0 Å². The van der Waals surface area contributed by atoms with Crippen LogP contribution in [0.4, 0.5) is 0 Å². The van der Waals surface area contributed by atoms with Crippen molar-refractivity contribution in [1.29, 1.82) is 0 Å². The van der Waals surface area contributed by atoms with Crippen molar-refractivity contribution in [1.82, 2.24) is 15.0 Å². The van der Waals surface area contributed by atoms with Crippen LogP contribution in [0.5, 0.6) is 0 Å². The maximum atomic E-state index is 10.0. The molecule has 0 unspecified atom stereocenters. The summed E-state index contributed by atoms with van der Waals surface area (Å²) in [7, 11) is 0. The Kier molecular flexibility index (Phi) is 3.76. The van der Waals surface area contributed by atoms with Crippen molar-refractivity contribution in [3.63, 3.8) is 0 Å². The zero-order valence-corrected chi connectivity index (χ0v) is 7.53. The molecule has 1 rings (SSSR count). The molecule has 0 N–H and O–H groups in total. The molecule has 0 aromatic heterocycles. The van der Waals surface area contributed by atoms with E-state index in [4.69, 9.17) is 0 Å². The molecular formula is C6H6N6O3. The molecule has 1 aliphatic rings. The van der Waals surface area contributed by atoms with E-state index >= 15 is 0 Å². The molecule has 1 fully saturated rings. The van der Waals surface area contributed by atoms with Crippen LogP contribution in [0.2, 0.25) is 0 Å². The summed E-state index contributed by atoms with van der Waals surface area (Å²) in [5.74, 6) is 0. The van der Waals surface area contributed by atoms with Crippen molar-refractivity contribution in [3.05, 3.63) is 0 Å². The average molecular weight is 210 g/mol. The first-order chi connectivity index (χ1) is 7.30. The summed E-state index contributed by atoms with van der Waals surface area (Å²) in [5, 5.41) is 13.6. The second-order valence-corrected chi connectivity index (χ2v) is 2.52. The molecule has 0 aliphatic carbocycles. The lowest BCUT2D eigenvalue weighted by Gasteiger charge is -2.35. The van der Waals surface area contributed by atoms with E-state index in [1.54, 1.807) is 0 Å². The molecule has 9 heteroatoms. The minimum absolute atomic E-state index is 0.120. The highest BCUT2D eigenvalue weighted by molar-refractivity contribution is 5.33. The van der Waals surface area contributed by atoms with E-state index in [1.807, 2.05) is 0 Å². The van der Waals surface area contributed by atoms with Crippen LogP contribution in [0.3, 0.4) is 0 Å². The van der Waals surface area contributed by atoms with Gasteiger partial charge in [0.1, 0.15) is 20.0 Å². The first-order valence-corrected chi connectivity index (χ1v) is 3.78. The first kappa shape index (κ1) is 10.6. The lowest BCUT2D eigenvalue weighted by molar-refractivity contribution is -0.0259. The monoisotopic (exact) mass is 210 g/mol.